The van der Waals surface area contributed by atoms with Crippen LogP contribution in [-0.4, -0.2) is 24.0 Å². The van der Waals surface area contributed by atoms with E-state index < -0.39 is 0 Å². The van der Waals surface area contributed by atoms with Gasteiger partial charge in [0.2, 0.25) is 5.91 Å². The zero-order chi connectivity index (χ0) is 13.3. The Morgan fingerprint density at radius 3 is 2.95 bits per heavy atom. The van der Waals surface area contributed by atoms with E-state index in [1.807, 2.05) is 0 Å². The first-order valence-corrected chi connectivity index (χ1v) is 6.78. The second-order valence-corrected chi connectivity index (χ2v) is 5.55. The Morgan fingerprint density at radius 2 is 2.26 bits per heavy atom. The van der Waals surface area contributed by atoms with Crippen molar-refractivity contribution < 1.29 is 9.18 Å². The number of halogens is 1. The average Bonchev–Trinajstić information content (AvgIpc) is 3.12. The molecule has 1 aliphatic carbocycles. The van der Waals surface area contributed by atoms with Crippen molar-refractivity contribution in [2.45, 2.75) is 25.8 Å². The number of nitrogens with zero attached hydrogens (tertiary/aromatic N) is 1. The first-order valence-electron chi connectivity index (χ1n) is 6.78. The van der Waals surface area contributed by atoms with E-state index >= 15 is 0 Å². The lowest BCUT2D eigenvalue weighted by Gasteiger charge is -2.23. The normalized spacial score (nSPS) is 24.2. The molecule has 19 heavy (non-hydrogen) atoms. The molecular formula is C14H18FN3O. The first-order chi connectivity index (χ1) is 9.20. The topological polar surface area (TPSA) is 54.0 Å². The summed E-state index contributed by atoms with van der Waals surface area (Å²) < 4.78 is 12.7. The lowest BCUT2D eigenvalue weighted by molar-refractivity contribution is -0.123. The summed E-state index contributed by atoms with van der Waals surface area (Å²) in [6, 6.07) is 2.96. The molecule has 1 atom stereocenters. The SMILES string of the molecule is O=C(NCc1ccc(F)cn1)C1CC12CCNCC2. The van der Waals surface area contributed by atoms with E-state index in [4.69, 9.17) is 0 Å². The number of hydrogen-bond acceptors (Lipinski definition) is 3. The highest BCUT2D eigenvalue weighted by molar-refractivity contribution is 5.82. The van der Waals surface area contributed by atoms with Crippen molar-refractivity contribution in [2.24, 2.45) is 11.3 Å². The van der Waals surface area contributed by atoms with Gasteiger partial charge in [0.15, 0.2) is 0 Å². The van der Waals surface area contributed by atoms with Gasteiger partial charge in [-0.05, 0) is 49.9 Å². The lowest BCUT2D eigenvalue weighted by Crippen LogP contribution is -2.33. The van der Waals surface area contributed by atoms with Gasteiger partial charge in [-0.2, -0.15) is 0 Å². The van der Waals surface area contributed by atoms with Crippen molar-refractivity contribution in [2.75, 3.05) is 13.1 Å². The molecule has 102 valence electrons. The molecule has 0 bridgehead atoms. The van der Waals surface area contributed by atoms with Crippen LogP contribution in [0, 0.1) is 17.2 Å². The summed E-state index contributed by atoms with van der Waals surface area (Å²) in [6.45, 7) is 2.41. The molecule has 5 heteroatoms. The zero-order valence-corrected chi connectivity index (χ0v) is 10.8. The van der Waals surface area contributed by atoms with Gasteiger partial charge in [0.25, 0.3) is 0 Å². The second kappa shape index (κ2) is 4.89. The first kappa shape index (κ1) is 12.5. The van der Waals surface area contributed by atoms with Crippen molar-refractivity contribution in [3.63, 3.8) is 0 Å². The van der Waals surface area contributed by atoms with Crippen LogP contribution in [0.3, 0.4) is 0 Å². The fourth-order valence-corrected chi connectivity index (χ4v) is 3.01. The van der Waals surface area contributed by atoms with Gasteiger partial charge < -0.3 is 10.6 Å². The maximum atomic E-state index is 12.7. The molecule has 2 aliphatic rings. The number of amides is 1. The minimum atomic E-state index is -0.356. The molecule has 1 aliphatic heterocycles. The quantitative estimate of drug-likeness (QED) is 0.862. The zero-order valence-electron chi connectivity index (χ0n) is 10.8. The largest absolute Gasteiger partial charge is 0.350 e. The van der Waals surface area contributed by atoms with Crippen molar-refractivity contribution in [3.8, 4) is 0 Å². The van der Waals surface area contributed by atoms with E-state index in [0.717, 1.165) is 32.4 Å². The van der Waals surface area contributed by atoms with E-state index in [9.17, 15) is 9.18 Å². The molecule has 2 heterocycles. The molecule has 1 saturated carbocycles. The smallest absolute Gasteiger partial charge is 0.224 e. The van der Waals surface area contributed by atoms with Crippen LogP contribution in [0.5, 0.6) is 0 Å². The van der Waals surface area contributed by atoms with Crippen LogP contribution < -0.4 is 10.6 Å². The molecule has 4 nitrogen and oxygen atoms in total. The molecule has 2 fully saturated rings. The van der Waals surface area contributed by atoms with E-state index in [2.05, 4.69) is 15.6 Å². The standard InChI is InChI=1S/C14H18FN3O/c15-10-1-2-11(17-8-10)9-18-13(19)12-7-14(12)3-5-16-6-4-14/h1-2,8,12,16H,3-7,9H2,(H,18,19). The number of aromatic nitrogens is 1. The minimum Gasteiger partial charge on any atom is -0.350 e. The molecular weight excluding hydrogens is 245 g/mol. The number of carbonyl (C=O) groups excluding carboxylic acids is 1. The van der Waals surface area contributed by atoms with Crippen LogP contribution in [0.15, 0.2) is 18.3 Å². The van der Waals surface area contributed by atoms with Gasteiger partial charge in [0.1, 0.15) is 5.82 Å². The molecule has 2 N–H and O–H groups in total. The van der Waals surface area contributed by atoms with Crippen molar-refractivity contribution in [1.29, 1.82) is 0 Å². The van der Waals surface area contributed by atoms with Gasteiger partial charge in [-0.25, -0.2) is 4.39 Å². The summed E-state index contributed by atoms with van der Waals surface area (Å²) in [5.41, 5.74) is 0.945. The Labute approximate surface area is 111 Å². The van der Waals surface area contributed by atoms with Crippen LogP contribution >= 0.6 is 0 Å². The third-order valence-electron chi connectivity index (χ3n) is 4.34. The summed E-state index contributed by atoms with van der Waals surface area (Å²) in [6.07, 6.45) is 4.38. The maximum absolute atomic E-state index is 12.7. The number of rotatable bonds is 3. The molecule has 1 amide bonds. The van der Waals surface area contributed by atoms with E-state index in [1.54, 1.807) is 6.07 Å². The van der Waals surface area contributed by atoms with Gasteiger partial charge in [0, 0.05) is 5.92 Å². The molecule has 1 aromatic rings. The lowest BCUT2D eigenvalue weighted by atomic mass is 9.92. The van der Waals surface area contributed by atoms with Crippen LogP contribution in [0.1, 0.15) is 25.0 Å². The van der Waals surface area contributed by atoms with Gasteiger partial charge in [0.05, 0.1) is 18.4 Å². The molecule has 0 aromatic carbocycles. The molecule has 3 rings (SSSR count). The second-order valence-electron chi connectivity index (χ2n) is 5.55. The van der Waals surface area contributed by atoms with E-state index in [1.165, 1.54) is 12.3 Å². The Hall–Kier alpha value is -1.49. The number of nitrogens with one attached hydrogen (secondary N) is 2. The Kier molecular flexibility index (Phi) is 3.22. The third kappa shape index (κ3) is 2.61. The molecule has 1 saturated heterocycles. The van der Waals surface area contributed by atoms with Crippen molar-refractivity contribution in [3.05, 3.63) is 29.8 Å². The third-order valence-corrected chi connectivity index (χ3v) is 4.34. The van der Waals surface area contributed by atoms with Crippen LogP contribution in [0.2, 0.25) is 0 Å². The van der Waals surface area contributed by atoms with Crippen molar-refractivity contribution in [1.82, 2.24) is 15.6 Å². The summed E-state index contributed by atoms with van der Waals surface area (Å²) in [5.74, 6) is -0.0750. The van der Waals surface area contributed by atoms with Gasteiger partial charge >= 0.3 is 0 Å². The minimum absolute atomic E-state index is 0.119. The van der Waals surface area contributed by atoms with Crippen LogP contribution in [0.4, 0.5) is 4.39 Å². The predicted molar refractivity (Wildman–Crippen MR) is 68.7 cm³/mol. The molecule has 1 aromatic heterocycles. The molecule has 1 unspecified atom stereocenters. The van der Waals surface area contributed by atoms with Crippen molar-refractivity contribution >= 4 is 5.91 Å². The van der Waals surface area contributed by atoms with Crippen LogP contribution in [0.25, 0.3) is 0 Å². The monoisotopic (exact) mass is 263 g/mol. The fraction of sp³-hybridized carbons (Fsp3) is 0.571. The predicted octanol–water partition coefficient (Wildman–Crippen LogP) is 1.23. The highest BCUT2D eigenvalue weighted by Crippen LogP contribution is 2.58. The van der Waals surface area contributed by atoms with Gasteiger partial charge in [-0.3, -0.25) is 9.78 Å². The van der Waals surface area contributed by atoms with E-state index in [-0.39, 0.29) is 23.1 Å². The molecule has 1 spiro atoms. The maximum Gasteiger partial charge on any atom is 0.224 e. The number of carbonyl (C=O) groups is 1. The fourth-order valence-electron chi connectivity index (χ4n) is 3.01. The highest BCUT2D eigenvalue weighted by atomic mass is 19.1. The number of pyridine rings is 1. The number of piperidine rings is 1. The van der Waals surface area contributed by atoms with Gasteiger partial charge in [-0.15, -0.1) is 0 Å². The Bertz CT molecular complexity index is 468. The highest BCUT2D eigenvalue weighted by Gasteiger charge is 2.57. The Morgan fingerprint density at radius 1 is 1.47 bits per heavy atom. The van der Waals surface area contributed by atoms with Gasteiger partial charge in [-0.1, -0.05) is 0 Å². The summed E-state index contributed by atoms with van der Waals surface area (Å²) in [5, 5.41) is 6.23. The van der Waals surface area contributed by atoms with E-state index in [0.29, 0.717) is 12.2 Å². The Balaban J connectivity index is 1.51. The summed E-state index contributed by atoms with van der Waals surface area (Å²) in [4.78, 5) is 16.0. The summed E-state index contributed by atoms with van der Waals surface area (Å²) >= 11 is 0. The van der Waals surface area contributed by atoms with Crippen LogP contribution in [-0.2, 0) is 11.3 Å². The number of hydrogen-bond donors (Lipinski definition) is 2. The summed E-state index contributed by atoms with van der Waals surface area (Å²) in [7, 11) is 0. The average molecular weight is 263 g/mol. The molecule has 0 radical (unpaired) electrons.